The van der Waals surface area contributed by atoms with E-state index in [2.05, 4.69) is 17.4 Å². The Morgan fingerprint density at radius 3 is 2.70 bits per heavy atom. The molecule has 0 spiro atoms. The van der Waals surface area contributed by atoms with Gasteiger partial charge in [0, 0.05) is 34.9 Å². The molecule has 0 radical (unpaired) electrons. The third-order valence-electron chi connectivity index (χ3n) is 7.16. The molecule has 9 heteroatoms. The standard InChI is InChI=1S/C31H29ClN4O3S/c1-38-27-18-21(14-15-26(27)39-17-16-20-8-3-2-4-9-20)29-28-24(12-7-13-25(28)37)33-30-34-31(35-36(29)30)40-19-22-10-5-6-11-23(22)32/h2-6,8-11,14-15,18,29H,7,12-13,16-17,19H2,1H3,(H,33,34,35). The fourth-order valence-corrected chi connectivity index (χ4v) is 6.28. The highest BCUT2D eigenvalue weighted by atomic mass is 35.5. The molecule has 4 aromatic rings. The van der Waals surface area contributed by atoms with Gasteiger partial charge in [0.1, 0.15) is 6.04 Å². The number of carbonyl (C=O) groups is 1. The predicted octanol–water partition coefficient (Wildman–Crippen LogP) is 6.88. The van der Waals surface area contributed by atoms with Crippen LogP contribution in [0.1, 0.15) is 42.0 Å². The fraction of sp³-hybridized carbons (Fsp3) is 0.258. The Bertz CT molecular complexity index is 1570. The van der Waals surface area contributed by atoms with Crippen LogP contribution in [-0.2, 0) is 17.0 Å². The number of aromatic nitrogens is 3. The van der Waals surface area contributed by atoms with Crippen molar-refractivity contribution in [2.75, 3.05) is 19.0 Å². The summed E-state index contributed by atoms with van der Waals surface area (Å²) in [6.07, 6.45) is 2.93. The molecule has 1 aliphatic heterocycles. The maximum atomic E-state index is 13.2. The largest absolute Gasteiger partial charge is 0.493 e. The van der Waals surface area contributed by atoms with E-state index in [4.69, 9.17) is 31.2 Å². The molecule has 40 heavy (non-hydrogen) atoms. The van der Waals surface area contributed by atoms with Crippen LogP contribution in [0.4, 0.5) is 5.95 Å². The number of fused-ring (bicyclic) bond motifs is 1. The van der Waals surface area contributed by atoms with Gasteiger partial charge in [0.15, 0.2) is 17.3 Å². The van der Waals surface area contributed by atoms with Crippen molar-refractivity contribution >= 4 is 35.1 Å². The van der Waals surface area contributed by atoms with E-state index < -0.39 is 6.04 Å². The van der Waals surface area contributed by atoms with Crippen LogP contribution in [0.25, 0.3) is 0 Å². The quantitative estimate of drug-likeness (QED) is 0.219. The van der Waals surface area contributed by atoms with Gasteiger partial charge in [-0.2, -0.15) is 4.98 Å². The number of thioether (sulfide) groups is 1. The Hall–Kier alpha value is -3.75. The lowest BCUT2D eigenvalue weighted by atomic mass is 9.85. The number of nitrogens with zero attached hydrogens (tertiary/aromatic N) is 3. The second-order valence-electron chi connectivity index (χ2n) is 9.73. The molecule has 0 bridgehead atoms. The number of carbonyl (C=O) groups excluding carboxylic acids is 1. The monoisotopic (exact) mass is 572 g/mol. The van der Waals surface area contributed by atoms with Crippen molar-refractivity contribution in [3.8, 4) is 11.5 Å². The van der Waals surface area contributed by atoms with Gasteiger partial charge in [-0.15, -0.1) is 5.10 Å². The summed E-state index contributed by atoms with van der Waals surface area (Å²) in [5, 5.41) is 9.58. The van der Waals surface area contributed by atoms with Crippen LogP contribution in [0, 0.1) is 0 Å². The van der Waals surface area contributed by atoms with Gasteiger partial charge in [-0.1, -0.05) is 78.0 Å². The van der Waals surface area contributed by atoms with Crippen molar-refractivity contribution < 1.29 is 14.3 Å². The number of allylic oxidation sites excluding steroid dienone is 2. The Morgan fingerprint density at radius 2 is 1.88 bits per heavy atom. The topological polar surface area (TPSA) is 78.3 Å². The average molecular weight is 573 g/mol. The van der Waals surface area contributed by atoms with E-state index in [0.717, 1.165) is 46.7 Å². The maximum absolute atomic E-state index is 13.2. The molecule has 0 fully saturated rings. The van der Waals surface area contributed by atoms with Crippen LogP contribution in [0.5, 0.6) is 11.5 Å². The molecule has 204 valence electrons. The third kappa shape index (κ3) is 5.46. The zero-order valence-corrected chi connectivity index (χ0v) is 23.7. The van der Waals surface area contributed by atoms with Crippen LogP contribution >= 0.6 is 23.4 Å². The molecule has 2 heterocycles. The summed E-state index contributed by atoms with van der Waals surface area (Å²) in [5.74, 6) is 2.68. The van der Waals surface area contributed by atoms with Crippen molar-refractivity contribution in [1.29, 1.82) is 0 Å². The highest BCUT2D eigenvalue weighted by Gasteiger charge is 2.37. The first-order valence-electron chi connectivity index (χ1n) is 13.3. The summed E-state index contributed by atoms with van der Waals surface area (Å²) in [5.41, 5.74) is 4.79. The normalized spacial score (nSPS) is 16.2. The number of rotatable bonds is 9. The fourth-order valence-electron chi connectivity index (χ4n) is 5.16. The van der Waals surface area contributed by atoms with Crippen molar-refractivity contribution in [3.05, 3.63) is 106 Å². The number of ether oxygens (including phenoxy) is 2. The molecule has 1 aromatic heterocycles. The number of Topliss-reactive ketones (excluding diaryl/α,β-unsaturated/α-hetero) is 1. The van der Waals surface area contributed by atoms with Crippen LogP contribution in [-0.4, -0.2) is 34.3 Å². The predicted molar refractivity (Wildman–Crippen MR) is 157 cm³/mol. The molecular formula is C31H29ClN4O3S. The molecule has 1 aliphatic carbocycles. The molecule has 1 atom stereocenters. The van der Waals surface area contributed by atoms with Crippen molar-refractivity contribution in [2.24, 2.45) is 0 Å². The van der Waals surface area contributed by atoms with Gasteiger partial charge in [-0.3, -0.25) is 4.79 Å². The van der Waals surface area contributed by atoms with Crippen LogP contribution in [0.2, 0.25) is 5.02 Å². The second-order valence-corrected chi connectivity index (χ2v) is 11.1. The van der Waals surface area contributed by atoms with Gasteiger partial charge in [0.05, 0.1) is 13.7 Å². The molecule has 2 aliphatic rings. The van der Waals surface area contributed by atoms with E-state index in [9.17, 15) is 4.79 Å². The Labute approximate surface area is 242 Å². The maximum Gasteiger partial charge on any atom is 0.227 e. The summed E-state index contributed by atoms with van der Waals surface area (Å²) in [6, 6.07) is 23.4. The van der Waals surface area contributed by atoms with E-state index in [1.165, 1.54) is 17.3 Å². The summed E-state index contributed by atoms with van der Waals surface area (Å²) in [4.78, 5) is 18.0. The number of ketones is 1. The van der Waals surface area contributed by atoms with Crippen molar-refractivity contribution in [2.45, 2.75) is 42.6 Å². The number of hydrogen-bond acceptors (Lipinski definition) is 7. The van der Waals surface area contributed by atoms with E-state index in [-0.39, 0.29) is 5.78 Å². The highest BCUT2D eigenvalue weighted by molar-refractivity contribution is 7.98. The minimum Gasteiger partial charge on any atom is -0.493 e. The van der Waals surface area contributed by atoms with Gasteiger partial charge < -0.3 is 14.8 Å². The zero-order valence-electron chi connectivity index (χ0n) is 22.1. The van der Waals surface area contributed by atoms with Gasteiger partial charge in [-0.25, -0.2) is 4.68 Å². The molecule has 7 nitrogen and oxygen atoms in total. The Morgan fingerprint density at radius 1 is 1.05 bits per heavy atom. The van der Waals surface area contributed by atoms with Gasteiger partial charge >= 0.3 is 0 Å². The molecule has 1 unspecified atom stereocenters. The van der Waals surface area contributed by atoms with Crippen LogP contribution in [0.3, 0.4) is 0 Å². The molecular weight excluding hydrogens is 544 g/mol. The number of halogens is 1. The van der Waals surface area contributed by atoms with Crippen LogP contribution < -0.4 is 14.8 Å². The minimum atomic E-state index is -0.409. The van der Waals surface area contributed by atoms with Crippen molar-refractivity contribution in [1.82, 2.24) is 14.8 Å². The van der Waals surface area contributed by atoms with E-state index in [0.29, 0.717) is 41.4 Å². The Kier molecular flexibility index (Phi) is 7.80. The first-order chi connectivity index (χ1) is 19.6. The highest BCUT2D eigenvalue weighted by Crippen LogP contribution is 2.42. The first-order valence-corrected chi connectivity index (χ1v) is 14.7. The SMILES string of the molecule is COc1cc(C2C3=C(CCCC3=O)Nc3nc(SCc4ccccc4Cl)nn32)ccc1OCCc1ccccc1. The molecule has 3 aromatic carbocycles. The zero-order chi connectivity index (χ0) is 27.5. The average Bonchev–Trinajstić information content (AvgIpc) is 3.39. The van der Waals surface area contributed by atoms with E-state index in [1.54, 1.807) is 7.11 Å². The number of anilines is 1. The van der Waals surface area contributed by atoms with Gasteiger partial charge in [0.2, 0.25) is 11.1 Å². The molecule has 0 saturated heterocycles. The number of nitrogens with one attached hydrogen (secondary N) is 1. The lowest BCUT2D eigenvalue weighted by molar-refractivity contribution is -0.116. The summed E-state index contributed by atoms with van der Waals surface area (Å²) < 4.78 is 13.6. The smallest absolute Gasteiger partial charge is 0.227 e. The first kappa shape index (κ1) is 26.5. The van der Waals surface area contributed by atoms with Gasteiger partial charge in [-0.05, 0) is 47.7 Å². The molecule has 0 saturated carbocycles. The molecule has 6 rings (SSSR count). The number of hydrogen-bond donors (Lipinski definition) is 1. The number of benzene rings is 3. The summed E-state index contributed by atoms with van der Waals surface area (Å²) in [6.45, 7) is 0.528. The lowest BCUT2D eigenvalue weighted by Crippen LogP contribution is -2.31. The van der Waals surface area contributed by atoms with E-state index in [1.807, 2.05) is 65.3 Å². The summed E-state index contributed by atoms with van der Waals surface area (Å²) in [7, 11) is 1.63. The molecule has 0 amide bonds. The lowest BCUT2D eigenvalue weighted by Gasteiger charge is -2.32. The second kappa shape index (κ2) is 11.8. The molecule has 1 N–H and O–H groups in total. The minimum absolute atomic E-state index is 0.132. The van der Waals surface area contributed by atoms with E-state index >= 15 is 0 Å². The van der Waals surface area contributed by atoms with Crippen molar-refractivity contribution in [3.63, 3.8) is 0 Å². The third-order valence-corrected chi connectivity index (χ3v) is 8.41. The van der Waals surface area contributed by atoms with Gasteiger partial charge in [0.25, 0.3) is 0 Å². The van der Waals surface area contributed by atoms with Crippen LogP contribution in [0.15, 0.2) is 89.2 Å². The Balaban J connectivity index is 1.29. The number of methoxy groups -OCH3 is 1. The summed E-state index contributed by atoms with van der Waals surface area (Å²) >= 11 is 7.87.